The summed E-state index contributed by atoms with van der Waals surface area (Å²) in [4.78, 5) is 0. The first-order chi connectivity index (χ1) is 8.88. The number of para-hydroxylation sites is 1. The molecule has 5 heteroatoms. The molecule has 0 bridgehead atoms. The zero-order valence-corrected chi connectivity index (χ0v) is 11.4. The minimum absolute atomic E-state index is 0.239. The predicted molar refractivity (Wildman–Crippen MR) is 72.7 cm³/mol. The number of nitrogens with zero attached hydrogens (tertiary/aromatic N) is 2. The number of aryl methyl sites for hydroxylation is 1. The van der Waals surface area contributed by atoms with Gasteiger partial charge in [-0.2, -0.15) is 0 Å². The van der Waals surface area contributed by atoms with Crippen LogP contribution in [-0.4, -0.2) is 22.7 Å². The second-order valence-corrected chi connectivity index (χ2v) is 5.70. The molecule has 2 aromatic rings. The first-order valence-corrected chi connectivity index (χ1v) is 7.33. The smallest absolute Gasteiger partial charge is 0.128 e. The van der Waals surface area contributed by atoms with Gasteiger partial charge in [0.25, 0.3) is 0 Å². The maximum absolute atomic E-state index is 5.69. The molecule has 1 unspecified atom stereocenters. The van der Waals surface area contributed by atoms with Gasteiger partial charge in [-0.25, -0.2) is 0 Å². The maximum atomic E-state index is 5.69. The monoisotopic (exact) mass is 280 g/mol. The minimum Gasteiger partial charge on any atom is -0.492 e. The lowest BCUT2D eigenvalue weighted by Gasteiger charge is -2.02. The van der Waals surface area contributed by atoms with Crippen LogP contribution in [0.4, 0.5) is 0 Å². The standard InChI is InChI=1S/C13H13ClN2OS/c14-7-3-6-12-15-16-13(18-12)10-8-17-11-5-2-1-4-9(10)11/h1-2,4-5,10H,3,6-8H2. The van der Waals surface area contributed by atoms with Gasteiger partial charge in [0.2, 0.25) is 0 Å². The Bertz CT molecular complexity index is 543. The largest absolute Gasteiger partial charge is 0.492 e. The van der Waals surface area contributed by atoms with Gasteiger partial charge in [0.15, 0.2) is 0 Å². The van der Waals surface area contributed by atoms with Gasteiger partial charge < -0.3 is 4.74 Å². The third kappa shape index (κ3) is 2.22. The van der Waals surface area contributed by atoms with Crippen LogP contribution in [0.2, 0.25) is 0 Å². The van der Waals surface area contributed by atoms with Crippen molar-refractivity contribution in [3.8, 4) is 5.75 Å². The van der Waals surface area contributed by atoms with E-state index in [9.17, 15) is 0 Å². The highest BCUT2D eigenvalue weighted by molar-refractivity contribution is 7.11. The summed E-state index contributed by atoms with van der Waals surface area (Å²) in [5.74, 6) is 1.88. The summed E-state index contributed by atoms with van der Waals surface area (Å²) in [5, 5.41) is 10.6. The number of benzene rings is 1. The Morgan fingerprint density at radius 2 is 2.22 bits per heavy atom. The van der Waals surface area contributed by atoms with Crippen LogP contribution in [0.1, 0.15) is 27.9 Å². The van der Waals surface area contributed by atoms with Crippen LogP contribution in [0.5, 0.6) is 5.75 Å². The zero-order chi connectivity index (χ0) is 12.4. The Balaban J connectivity index is 1.82. The van der Waals surface area contributed by atoms with Crippen molar-refractivity contribution in [3.63, 3.8) is 0 Å². The van der Waals surface area contributed by atoms with E-state index in [-0.39, 0.29) is 5.92 Å². The number of hydrogen-bond donors (Lipinski definition) is 0. The number of ether oxygens (including phenoxy) is 1. The highest BCUT2D eigenvalue weighted by Gasteiger charge is 2.28. The molecule has 94 valence electrons. The van der Waals surface area contributed by atoms with Gasteiger partial charge in [0.1, 0.15) is 22.4 Å². The fourth-order valence-corrected chi connectivity index (χ4v) is 3.22. The van der Waals surface area contributed by atoms with E-state index in [1.165, 1.54) is 5.56 Å². The molecule has 0 radical (unpaired) electrons. The maximum Gasteiger partial charge on any atom is 0.128 e. The van der Waals surface area contributed by atoms with Crippen LogP contribution in [0.3, 0.4) is 0 Å². The highest BCUT2D eigenvalue weighted by atomic mass is 35.5. The highest BCUT2D eigenvalue weighted by Crippen LogP contribution is 2.38. The van der Waals surface area contributed by atoms with Crippen LogP contribution in [-0.2, 0) is 6.42 Å². The molecule has 3 nitrogen and oxygen atoms in total. The van der Waals surface area contributed by atoms with E-state index in [0.717, 1.165) is 28.6 Å². The number of aromatic nitrogens is 2. The SMILES string of the molecule is ClCCCc1nnc(C2COc3ccccc32)s1. The van der Waals surface area contributed by atoms with Crippen LogP contribution < -0.4 is 4.74 Å². The number of alkyl halides is 1. The van der Waals surface area contributed by atoms with Gasteiger partial charge in [-0.1, -0.05) is 18.2 Å². The zero-order valence-electron chi connectivity index (χ0n) is 9.80. The molecule has 2 heterocycles. The molecule has 1 aromatic carbocycles. The summed E-state index contributed by atoms with van der Waals surface area (Å²) in [6, 6.07) is 8.14. The molecule has 0 spiro atoms. The average Bonchev–Trinajstić information content (AvgIpc) is 3.02. The Morgan fingerprint density at radius 3 is 3.11 bits per heavy atom. The van der Waals surface area contributed by atoms with Crippen LogP contribution in [0.15, 0.2) is 24.3 Å². The molecule has 0 saturated heterocycles. The van der Waals surface area contributed by atoms with Crippen molar-refractivity contribution >= 4 is 22.9 Å². The van der Waals surface area contributed by atoms with Crippen molar-refractivity contribution in [1.29, 1.82) is 0 Å². The van der Waals surface area contributed by atoms with Gasteiger partial charge in [-0.3, -0.25) is 0 Å². The Hall–Kier alpha value is -1.13. The topological polar surface area (TPSA) is 35.0 Å². The van der Waals surface area contributed by atoms with Crippen molar-refractivity contribution in [3.05, 3.63) is 39.8 Å². The van der Waals surface area contributed by atoms with E-state index >= 15 is 0 Å². The lowest BCUT2D eigenvalue weighted by atomic mass is 10.0. The number of rotatable bonds is 4. The van der Waals surface area contributed by atoms with Crippen LogP contribution >= 0.6 is 22.9 Å². The summed E-state index contributed by atoms with van der Waals surface area (Å²) in [6.07, 6.45) is 1.87. The quantitative estimate of drug-likeness (QED) is 0.807. The normalized spacial score (nSPS) is 17.5. The molecule has 0 amide bonds. The number of fused-ring (bicyclic) bond motifs is 1. The van der Waals surface area contributed by atoms with E-state index in [0.29, 0.717) is 12.5 Å². The molecular weight excluding hydrogens is 268 g/mol. The Morgan fingerprint density at radius 1 is 1.33 bits per heavy atom. The lowest BCUT2D eigenvalue weighted by molar-refractivity contribution is 0.342. The van der Waals surface area contributed by atoms with Gasteiger partial charge >= 0.3 is 0 Å². The Labute approximate surface area is 115 Å². The van der Waals surface area contributed by atoms with Crippen molar-refractivity contribution in [1.82, 2.24) is 10.2 Å². The second kappa shape index (κ2) is 5.24. The van der Waals surface area contributed by atoms with E-state index in [1.807, 2.05) is 18.2 Å². The van der Waals surface area contributed by atoms with Gasteiger partial charge in [-0.05, 0) is 12.5 Å². The summed E-state index contributed by atoms with van der Waals surface area (Å²) >= 11 is 7.36. The number of halogens is 1. The molecule has 1 aliphatic heterocycles. The second-order valence-electron chi connectivity index (χ2n) is 4.23. The predicted octanol–water partition coefficient (Wildman–Crippen LogP) is 3.23. The van der Waals surface area contributed by atoms with Crippen LogP contribution in [0.25, 0.3) is 0 Å². The average molecular weight is 281 g/mol. The molecular formula is C13H13ClN2OS. The molecule has 18 heavy (non-hydrogen) atoms. The van der Waals surface area contributed by atoms with Crippen molar-refractivity contribution < 1.29 is 4.74 Å². The van der Waals surface area contributed by atoms with Gasteiger partial charge in [0.05, 0.1) is 5.92 Å². The van der Waals surface area contributed by atoms with Crippen LogP contribution in [0, 0.1) is 0 Å². The lowest BCUT2D eigenvalue weighted by Crippen LogP contribution is -2.01. The summed E-state index contributed by atoms with van der Waals surface area (Å²) in [7, 11) is 0. The van der Waals surface area contributed by atoms with Crippen molar-refractivity contribution in [2.75, 3.05) is 12.5 Å². The van der Waals surface area contributed by atoms with E-state index in [1.54, 1.807) is 11.3 Å². The third-order valence-electron chi connectivity index (χ3n) is 3.00. The first-order valence-electron chi connectivity index (χ1n) is 5.98. The first kappa shape index (κ1) is 11.9. The van der Waals surface area contributed by atoms with E-state index in [2.05, 4.69) is 16.3 Å². The molecule has 1 aliphatic rings. The fourth-order valence-electron chi connectivity index (χ4n) is 2.09. The summed E-state index contributed by atoms with van der Waals surface area (Å²) in [6.45, 7) is 0.670. The van der Waals surface area contributed by atoms with Gasteiger partial charge in [0, 0.05) is 17.9 Å². The summed E-state index contributed by atoms with van der Waals surface area (Å²) in [5.41, 5.74) is 1.22. The van der Waals surface area contributed by atoms with E-state index in [4.69, 9.17) is 16.3 Å². The minimum atomic E-state index is 0.239. The third-order valence-corrected chi connectivity index (χ3v) is 4.37. The molecule has 0 fully saturated rings. The van der Waals surface area contributed by atoms with Crippen molar-refractivity contribution in [2.45, 2.75) is 18.8 Å². The molecule has 3 rings (SSSR count). The molecule has 1 aromatic heterocycles. The number of hydrogen-bond acceptors (Lipinski definition) is 4. The summed E-state index contributed by atoms with van der Waals surface area (Å²) < 4.78 is 5.67. The van der Waals surface area contributed by atoms with Crippen molar-refractivity contribution in [2.24, 2.45) is 0 Å². The molecule has 1 atom stereocenters. The van der Waals surface area contributed by atoms with E-state index < -0.39 is 0 Å². The fraction of sp³-hybridized carbons (Fsp3) is 0.385. The molecule has 0 N–H and O–H groups in total. The van der Waals surface area contributed by atoms with Gasteiger partial charge in [-0.15, -0.1) is 33.1 Å². The molecule has 0 aliphatic carbocycles. The molecule has 0 saturated carbocycles. The Kier molecular flexibility index (Phi) is 3.48.